The van der Waals surface area contributed by atoms with Gasteiger partial charge in [-0.15, -0.1) is 0 Å². The van der Waals surface area contributed by atoms with Crippen molar-refractivity contribution in [1.82, 2.24) is 5.32 Å². The van der Waals surface area contributed by atoms with E-state index in [-0.39, 0.29) is 6.10 Å². The van der Waals surface area contributed by atoms with E-state index in [1.165, 1.54) is 32.1 Å². The molecular formula is C15H31NO. The molecule has 0 heterocycles. The molecule has 0 bridgehead atoms. The molecule has 2 N–H and O–H groups in total. The van der Waals surface area contributed by atoms with Crippen molar-refractivity contribution in [2.45, 2.75) is 77.9 Å². The van der Waals surface area contributed by atoms with Gasteiger partial charge < -0.3 is 10.4 Å². The van der Waals surface area contributed by atoms with Gasteiger partial charge in [0, 0.05) is 6.04 Å². The highest BCUT2D eigenvalue weighted by molar-refractivity contribution is 4.76. The number of aliphatic hydroxyl groups excluding tert-OH is 1. The van der Waals surface area contributed by atoms with Crippen molar-refractivity contribution >= 4 is 0 Å². The summed E-state index contributed by atoms with van der Waals surface area (Å²) in [6, 6.07) is 0.729. The molecule has 102 valence electrons. The second kappa shape index (κ2) is 8.10. The third-order valence-electron chi connectivity index (χ3n) is 4.19. The molecule has 0 aromatic heterocycles. The molecule has 1 aliphatic carbocycles. The van der Waals surface area contributed by atoms with E-state index in [0.29, 0.717) is 0 Å². The van der Waals surface area contributed by atoms with Gasteiger partial charge in [0.25, 0.3) is 0 Å². The maximum Gasteiger partial charge on any atom is 0.0512 e. The molecule has 0 saturated heterocycles. The highest BCUT2D eigenvalue weighted by Gasteiger charge is 2.20. The van der Waals surface area contributed by atoms with E-state index < -0.39 is 0 Å². The fraction of sp³-hybridized carbons (Fsp3) is 1.00. The summed E-state index contributed by atoms with van der Waals surface area (Å²) in [5.74, 6) is 1.79. The van der Waals surface area contributed by atoms with Crippen LogP contribution in [-0.4, -0.2) is 23.8 Å². The average Bonchev–Trinajstić information content (AvgIpc) is 2.49. The monoisotopic (exact) mass is 241 g/mol. The molecule has 1 aliphatic rings. The van der Waals surface area contributed by atoms with Crippen LogP contribution in [0.2, 0.25) is 0 Å². The van der Waals surface area contributed by atoms with Gasteiger partial charge in [-0.2, -0.15) is 0 Å². The van der Waals surface area contributed by atoms with Gasteiger partial charge in [-0.25, -0.2) is 0 Å². The minimum atomic E-state index is -0.142. The zero-order valence-corrected chi connectivity index (χ0v) is 11.9. The average molecular weight is 241 g/mol. The first-order chi connectivity index (χ1) is 8.09. The summed E-state index contributed by atoms with van der Waals surface area (Å²) >= 11 is 0. The molecule has 0 aromatic rings. The lowest BCUT2D eigenvalue weighted by Crippen LogP contribution is -2.29. The number of nitrogens with one attached hydrogen (secondary N) is 1. The molecule has 1 rings (SSSR count). The van der Waals surface area contributed by atoms with Crippen LogP contribution in [0.15, 0.2) is 0 Å². The minimum Gasteiger partial charge on any atom is -0.393 e. The number of rotatable bonds is 6. The van der Waals surface area contributed by atoms with Crippen molar-refractivity contribution in [3.63, 3.8) is 0 Å². The maximum atomic E-state index is 9.20. The van der Waals surface area contributed by atoms with E-state index >= 15 is 0 Å². The van der Waals surface area contributed by atoms with Crippen LogP contribution in [-0.2, 0) is 0 Å². The van der Waals surface area contributed by atoms with Crippen molar-refractivity contribution in [3.05, 3.63) is 0 Å². The van der Waals surface area contributed by atoms with Gasteiger partial charge in [0.2, 0.25) is 0 Å². The van der Waals surface area contributed by atoms with Crippen LogP contribution in [0, 0.1) is 11.8 Å². The Hall–Kier alpha value is -0.0800. The van der Waals surface area contributed by atoms with Gasteiger partial charge in [0.15, 0.2) is 0 Å². The smallest absolute Gasteiger partial charge is 0.0512 e. The normalized spacial score (nSPS) is 28.1. The van der Waals surface area contributed by atoms with Crippen LogP contribution in [0.4, 0.5) is 0 Å². The Balaban J connectivity index is 2.14. The lowest BCUT2D eigenvalue weighted by Gasteiger charge is -2.19. The maximum absolute atomic E-state index is 9.20. The third kappa shape index (κ3) is 6.42. The molecule has 17 heavy (non-hydrogen) atoms. The Bertz CT molecular complexity index is 191. The van der Waals surface area contributed by atoms with Crippen molar-refractivity contribution in [1.29, 1.82) is 0 Å². The summed E-state index contributed by atoms with van der Waals surface area (Å²) < 4.78 is 0. The molecule has 1 fully saturated rings. The first kappa shape index (κ1) is 15.0. The van der Waals surface area contributed by atoms with Crippen molar-refractivity contribution < 1.29 is 5.11 Å². The molecule has 2 heteroatoms. The van der Waals surface area contributed by atoms with Crippen LogP contribution < -0.4 is 5.32 Å². The van der Waals surface area contributed by atoms with Crippen molar-refractivity contribution in [3.8, 4) is 0 Å². The van der Waals surface area contributed by atoms with E-state index in [9.17, 15) is 5.11 Å². The van der Waals surface area contributed by atoms with Gasteiger partial charge in [-0.05, 0) is 57.4 Å². The summed E-state index contributed by atoms with van der Waals surface area (Å²) in [5.41, 5.74) is 0. The zero-order valence-electron chi connectivity index (χ0n) is 11.9. The SMILES string of the molecule is CC(O)CCCNC1CCCC(C(C)C)CC1. The van der Waals surface area contributed by atoms with E-state index in [1.807, 2.05) is 6.92 Å². The number of aliphatic hydroxyl groups is 1. The zero-order chi connectivity index (χ0) is 12.7. The van der Waals surface area contributed by atoms with Crippen LogP contribution in [0.25, 0.3) is 0 Å². The van der Waals surface area contributed by atoms with Gasteiger partial charge in [0.05, 0.1) is 6.10 Å². The summed E-state index contributed by atoms with van der Waals surface area (Å²) in [6.07, 6.45) is 8.77. The Morgan fingerprint density at radius 1 is 1.12 bits per heavy atom. The number of hydrogen-bond donors (Lipinski definition) is 2. The molecule has 3 unspecified atom stereocenters. The largest absolute Gasteiger partial charge is 0.393 e. The fourth-order valence-electron chi connectivity index (χ4n) is 2.90. The molecule has 3 atom stereocenters. The quantitative estimate of drug-likeness (QED) is 0.552. The Morgan fingerprint density at radius 2 is 1.88 bits per heavy atom. The lowest BCUT2D eigenvalue weighted by atomic mass is 9.89. The topological polar surface area (TPSA) is 32.3 Å². The van der Waals surface area contributed by atoms with Gasteiger partial charge >= 0.3 is 0 Å². The lowest BCUT2D eigenvalue weighted by molar-refractivity contribution is 0.180. The van der Waals surface area contributed by atoms with Crippen LogP contribution >= 0.6 is 0 Å². The second-order valence-electron chi connectivity index (χ2n) is 6.15. The Kier molecular flexibility index (Phi) is 7.14. The molecule has 0 radical (unpaired) electrons. The predicted molar refractivity (Wildman–Crippen MR) is 74.1 cm³/mol. The van der Waals surface area contributed by atoms with Crippen molar-refractivity contribution in [2.24, 2.45) is 11.8 Å². The second-order valence-corrected chi connectivity index (χ2v) is 6.15. The van der Waals surface area contributed by atoms with Gasteiger partial charge in [-0.3, -0.25) is 0 Å². The summed E-state index contributed by atoms with van der Waals surface area (Å²) in [4.78, 5) is 0. The minimum absolute atomic E-state index is 0.142. The van der Waals surface area contributed by atoms with Crippen LogP contribution in [0.5, 0.6) is 0 Å². The van der Waals surface area contributed by atoms with Crippen LogP contribution in [0.1, 0.15) is 65.7 Å². The standard InChI is InChI=1S/C15H31NO/c1-12(2)14-7-4-8-15(10-9-14)16-11-5-6-13(3)17/h12-17H,4-11H2,1-3H3. The Labute approximate surface area is 107 Å². The predicted octanol–water partition coefficient (Wildman–Crippen LogP) is 3.34. The third-order valence-corrected chi connectivity index (χ3v) is 4.19. The summed E-state index contributed by atoms with van der Waals surface area (Å²) in [5, 5.41) is 12.9. The van der Waals surface area contributed by atoms with Gasteiger partial charge in [-0.1, -0.05) is 26.7 Å². The molecule has 0 amide bonds. The molecule has 0 aliphatic heterocycles. The Morgan fingerprint density at radius 3 is 2.53 bits per heavy atom. The van der Waals surface area contributed by atoms with E-state index in [1.54, 1.807) is 0 Å². The van der Waals surface area contributed by atoms with Crippen LogP contribution in [0.3, 0.4) is 0 Å². The molecule has 0 aromatic carbocycles. The first-order valence-electron chi connectivity index (χ1n) is 7.51. The highest BCUT2D eigenvalue weighted by atomic mass is 16.3. The molecule has 0 spiro atoms. The molecule has 2 nitrogen and oxygen atoms in total. The van der Waals surface area contributed by atoms with Crippen molar-refractivity contribution in [2.75, 3.05) is 6.54 Å². The molecular weight excluding hydrogens is 210 g/mol. The van der Waals surface area contributed by atoms with E-state index in [4.69, 9.17) is 0 Å². The summed E-state index contributed by atoms with van der Waals surface area (Å²) in [6.45, 7) is 7.67. The van der Waals surface area contributed by atoms with E-state index in [2.05, 4.69) is 19.2 Å². The highest BCUT2D eigenvalue weighted by Crippen LogP contribution is 2.28. The fourth-order valence-corrected chi connectivity index (χ4v) is 2.90. The molecule has 1 saturated carbocycles. The number of hydrogen-bond acceptors (Lipinski definition) is 2. The van der Waals surface area contributed by atoms with E-state index in [0.717, 1.165) is 37.3 Å². The van der Waals surface area contributed by atoms with Gasteiger partial charge in [0.1, 0.15) is 0 Å². The summed E-state index contributed by atoms with van der Waals surface area (Å²) in [7, 11) is 0. The first-order valence-corrected chi connectivity index (χ1v) is 7.51.